The minimum atomic E-state index is -1.53. The zero-order valence-electron chi connectivity index (χ0n) is 12.6. The first-order chi connectivity index (χ1) is 10.9. The van der Waals surface area contributed by atoms with E-state index in [-0.39, 0.29) is 25.7 Å². The largest absolute Gasteiger partial charge is 0.499 e. The van der Waals surface area contributed by atoms with Crippen molar-refractivity contribution in [2.24, 2.45) is 5.73 Å². The molecular weight excluding hydrogens is 445 g/mol. The molecule has 0 aromatic rings. The SMILES string of the molecule is COC1=CC(=O)N(C(=O)[C@@H](N)CCC(Cl)(Cl)Cl)[C@H]1CCC(Cl)(Cl)Cl. The second kappa shape index (κ2) is 8.85. The van der Waals surface area contributed by atoms with Gasteiger partial charge in [-0.05, 0) is 25.7 Å². The summed E-state index contributed by atoms with van der Waals surface area (Å²) in [4.78, 5) is 25.7. The number of imide groups is 1. The minimum Gasteiger partial charge on any atom is -0.499 e. The molecule has 1 rings (SSSR count). The number of nitrogens with two attached hydrogens (primary N) is 1. The van der Waals surface area contributed by atoms with E-state index in [1.165, 1.54) is 13.2 Å². The van der Waals surface area contributed by atoms with Crippen LogP contribution in [0.25, 0.3) is 0 Å². The van der Waals surface area contributed by atoms with Gasteiger partial charge >= 0.3 is 0 Å². The number of carbonyl (C=O) groups is 2. The highest BCUT2D eigenvalue weighted by Gasteiger charge is 2.41. The molecule has 11 heteroatoms. The van der Waals surface area contributed by atoms with Crippen LogP contribution in [0.4, 0.5) is 0 Å². The Hall–Kier alpha value is 0.380. The molecule has 138 valence electrons. The molecule has 5 nitrogen and oxygen atoms in total. The van der Waals surface area contributed by atoms with E-state index in [1.807, 2.05) is 0 Å². The Kier molecular flexibility index (Phi) is 8.27. The fourth-order valence-electron chi connectivity index (χ4n) is 2.22. The molecule has 1 aliphatic heterocycles. The third-order valence-corrected chi connectivity index (χ3v) is 4.51. The summed E-state index contributed by atoms with van der Waals surface area (Å²) in [6.45, 7) is 0. The Balaban J connectivity index is 2.85. The molecule has 24 heavy (non-hydrogen) atoms. The minimum absolute atomic E-state index is 0.0655. The summed E-state index contributed by atoms with van der Waals surface area (Å²) >= 11 is 34.2. The summed E-state index contributed by atoms with van der Waals surface area (Å²) in [5.74, 6) is -0.849. The molecule has 0 fully saturated rings. The fraction of sp³-hybridized carbons (Fsp3) is 0.692. The van der Waals surface area contributed by atoms with Crippen molar-refractivity contribution in [3.63, 3.8) is 0 Å². The van der Waals surface area contributed by atoms with Gasteiger partial charge in [0.2, 0.25) is 5.91 Å². The van der Waals surface area contributed by atoms with Crippen LogP contribution in [0, 0.1) is 0 Å². The Morgan fingerprint density at radius 1 is 1.25 bits per heavy atom. The van der Waals surface area contributed by atoms with Gasteiger partial charge in [0.25, 0.3) is 5.91 Å². The number of hydrogen-bond acceptors (Lipinski definition) is 4. The Morgan fingerprint density at radius 2 is 1.79 bits per heavy atom. The van der Waals surface area contributed by atoms with E-state index in [9.17, 15) is 9.59 Å². The van der Waals surface area contributed by atoms with Gasteiger partial charge < -0.3 is 10.5 Å². The second-order valence-corrected chi connectivity index (χ2v) is 10.3. The number of hydrogen-bond donors (Lipinski definition) is 1. The lowest BCUT2D eigenvalue weighted by atomic mass is 10.1. The number of halogens is 6. The average molecular weight is 461 g/mol. The molecule has 0 spiro atoms. The first-order valence-corrected chi connectivity index (χ1v) is 9.14. The smallest absolute Gasteiger partial charge is 0.257 e. The molecule has 0 aromatic carbocycles. The van der Waals surface area contributed by atoms with Crippen molar-refractivity contribution in [2.75, 3.05) is 7.11 Å². The van der Waals surface area contributed by atoms with Gasteiger partial charge in [0, 0.05) is 6.08 Å². The predicted molar refractivity (Wildman–Crippen MR) is 97.8 cm³/mol. The summed E-state index contributed by atoms with van der Waals surface area (Å²) in [5.41, 5.74) is 5.84. The van der Waals surface area contributed by atoms with E-state index in [1.54, 1.807) is 0 Å². The molecule has 2 amide bonds. The highest BCUT2D eigenvalue weighted by atomic mass is 35.6. The zero-order chi connectivity index (χ0) is 18.7. The first kappa shape index (κ1) is 22.4. The van der Waals surface area contributed by atoms with Gasteiger partial charge in [-0.15, -0.1) is 0 Å². The summed E-state index contributed by atoms with van der Waals surface area (Å²) in [5, 5.41) is 0. The fourth-order valence-corrected chi connectivity index (χ4v) is 2.87. The number of rotatable bonds is 6. The van der Waals surface area contributed by atoms with Crippen molar-refractivity contribution in [2.45, 2.75) is 45.4 Å². The number of amides is 2. The summed E-state index contributed by atoms with van der Waals surface area (Å²) in [6, 6.07) is -1.70. The van der Waals surface area contributed by atoms with Crippen LogP contribution in [0.3, 0.4) is 0 Å². The summed E-state index contributed by atoms with van der Waals surface area (Å²) in [6.07, 6.45) is 1.70. The summed E-state index contributed by atoms with van der Waals surface area (Å²) in [7, 11) is 1.39. The first-order valence-electron chi connectivity index (χ1n) is 6.87. The van der Waals surface area contributed by atoms with Crippen molar-refractivity contribution in [3.05, 3.63) is 11.8 Å². The number of alkyl halides is 6. The molecule has 0 radical (unpaired) electrons. The van der Waals surface area contributed by atoms with Crippen LogP contribution in [0.5, 0.6) is 0 Å². The van der Waals surface area contributed by atoms with Gasteiger partial charge in [0.1, 0.15) is 5.76 Å². The number of methoxy groups -OCH3 is 1. The highest BCUT2D eigenvalue weighted by Crippen LogP contribution is 2.36. The van der Waals surface area contributed by atoms with Crippen molar-refractivity contribution in [1.82, 2.24) is 4.90 Å². The monoisotopic (exact) mass is 458 g/mol. The maximum Gasteiger partial charge on any atom is 0.257 e. The van der Waals surface area contributed by atoms with E-state index in [4.69, 9.17) is 80.1 Å². The Labute approximate surface area is 170 Å². The lowest BCUT2D eigenvalue weighted by Crippen LogP contribution is -2.49. The maximum atomic E-state index is 12.5. The average Bonchev–Trinajstić information content (AvgIpc) is 2.76. The lowest BCUT2D eigenvalue weighted by molar-refractivity contribution is -0.144. The zero-order valence-corrected chi connectivity index (χ0v) is 17.1. The molecule has 0 saturated heterocycles. The van der Waals surface area contributed by atoms with Gasteiger partial charge in [-0.3, -0.25) is 14.5 Å². The van der Waals surface area contributed by atoms with E-state index in [0.29, 0.717) is 5.76 Å². The molecule has 1 aliphatic rings. The maximum absolute atomic E-state index is 12.5. The molecule has 2 N–H and O–H groups in total. The Bertz CT molecular complexity index is 515. The van der Waals surface area contributed by atoms with E-state index >= 15 is 0 Å². The highest BCUT2D eigenvalue weighted by molar-refractivity contribution is 6.67. The van der Waals surface area contributed by atoms with Crippen LogP contribution in [-0.2, 0) is 14.3 Å². The predicted octanol–water partition coefficient (Wildman–Crippen LogP) is 3.88. The molecular formula is C13H16Cl6N2O3. The molecule has 0 bridgehead atoms. The molecule has 2 atom stereocenters. The van der Waals surface area contributed by atoms with Crippen molar-refractivity contribution in [1.29, 1.82) is 0 Å². The van der Waals surface area contributed by atoms with Gasteiger partial charge in [0.05, 0.1) is 19.2 Å². The quantitative estimate of drug-likeness (QED) is 0.610. The van der Waals surface area contributed by atoms with Crippen molar-refractivity contribution < 1.29 is 14.3 Å². The standard InChI is InChI=1S/C13H16Cl6N2O3/c1-24-9-6-10(22)21(8(9)3-5-13(17,18)19)11(23)7(20)2-4-12(14,15)16/h6-8H,2-5,20H2,1H3/t7-,8-/m0/s1. The molecule has 0 aromatic heterocycles. The van der Waals surface area contributed by atoms with Crippen molar-refractivity contribution in [3.8, 4) is 0 Å². The third kappa shape index (κ3) is 6.94. The van der Waals surface area contributed by atoms with E-state index in [0.717, 1.165) is 4.90 Å². The third-order valence-electron chi connectivity index (χ3n) is 3.37. The summed E-state index contributed by atoms with van der Waals surface area (Å²) < 4.78 is 2.10. The van der Waals surface area contributed by atoms with Crippen LogP contribution >= 0.6 is 69.6 Å². The van der Waals surface area contributed by atoms with Gasteiger partial charge in [-0.1, -0.05) is 69.6 Å². The number of nitrogens with zero attached hydrogens (tertiary/aromatic N) is 1. The van der Waals surface area contributed by atoms with Gasteiger partial charge in [-0.25, -0.2) is 0 Å². The van der Waals surface area contributed by atoms with Crippen LogP contribution in [-0.4, -0.2) is 43.5 Å². The number of ether oxygens (including phenoxy) is 1. The molecule has 1 heterocycles. The van der Waals surface area contributed by atoms with E-state index < -0.39 is 31.5 Å². The topological polar surface area (TPSA) is 72.6 Å². The van der Waals surface area contributed by atoms with Crippen molar-refractivity contribution >= 4 is 81.4 Å². The van der Waals surface area contributed by atoms with Crippen LogP contribution in [0.15, 0.2) is 11.8 Å². The van der Waals surface area contributed by atoms with Gasteiger partial charge in [-0.2, -0.15) is 0 Å². The lowest BCUT2D eigenvalue weighted by Gasteiger charge is -2.28. The second-order valence-electron chi connectivity index (χ2n) is 5.23. The van der Waals surface area contributed by atoms with Gasteiger partial charge in [0.15, 0.2) is 7.59 Å². The Morgan fingerprint density at radius 3 is 2.25 bits per heavy atom. The molecule has 0 unspecified atom stereocenters. The normalized spacial score (nSPS) is 20.2. The van der Waals surface area contributed by atoms with Crippen LogP contribution in [0.2, 0.25) is 0 Å². The van der Waals surface area contributed by atoms with E-state index in [2.05, 4.69) is 0 Å². The number of carbonyl (C=O) groups excluding carboxylic acids is 2. The molecule has 0 saturated carbocycles. The van der Waals surface area contributed by atoms with Crippen LogP contribution in [0.1, 0.15) is 25.7 Å². The molecule has 0 aliphatic carbocycles. The van der Waals surface area contributed by atoms with Crippen LogP contribution < -0.4 is 5.73 Å².